The van der Waals surface area contributed by atoms with E-state index in [0.29, 0.717) is 0 Å². The van der Waals surface area contributed by atoms with Crippen LogP contribution in [0.25, 0.3) is 33.0 Å². The van der Waals surface area contributed by atoms with Crippen molar-refractivity contribution in [1.82, 2.24) is 0 Å². The van der Waals surface area contributed by atoms with Crippen LogP contribution in [0.1, 0.15) is 34.1 Å². The molecule has 6 aromatic rings. The van der Waals surface area contributed by atoms with Crippen LogP contribution in [0.4, 0.5) is 0 Å². The Morgan fingerprint density at radius 1 is 0.342 bits per heavy atom. The summed E-state index contributed by atoms with van der Waals surface area (Å²) in [6.07, 6.45) is 0. The Hall–Kier alpha value is -4.68. The van der Waals surface area contributed by atoms with Crippen molar-refractivity contribution in [3.8, 4) is 11.1 Å². The van der Waals surface area contributed by atoms with Crippen LogP contribution in [0.15, 0.2) is 146 Å². The molecule has 0 N–H and O–H groups in total. The Balaban J connectivity index is 1.51. The number of fused-ring (bicyclic) bond motifs is 4. The Morgan fingerprint density at radius 2 is 0.816 bits per heavy atom. The van der Waals surface area contributed by atoms with Gasteiger partial charge in [0.25, 0.3) is 0 Å². The number of benzene rings is 6. The fourth-order valence-electron chi connectivity index (χ4n) is 6.99. The lowest BCUT2D eigenvalue weighted by Crippen LogP contribution is -2.38. The molecule has 2 unspecified atom stereocenters. The van der Waals surface area contributed by atoms with Gasteiger partial charge in [0.05, 0.1) is 0 Å². The molecule has 0 amide bonds. The highest BCUT2D eigenvalue weighted by Gasteiger charge is 2.41. The zero-order valence-corrected chi connectivity index (χ0v) is 21.0. The van der Waals surface area contributed by atoms with E-state index in [9.17, 15) is 0 Å². The number of hydrogen-bond donors (Lipinski definition) is 0. The second kappa shape index (κ2) is 8.43. The predicted molar refractivity (Wildman–Crippen MR) is 158 cm³/mol. The van der Waals surface area contributed by atoms with Crippen molar-refractivity contribution in [2.75, 3.05) is 0 Å². The van der Waals surface area contributed by atoms with Crippen molar-refractivity contribution in [1.29, 1.82) is 0 Å². The van der Waals surface area contributed by atoms with Gasteiger partial charge in [-0.15, -0.1) is 0 Å². The highest BCUT2D eigenvalue weighted by molar-refractivity contribution is 6.00. The zero-order valence-electron chi connectivity index (χ0n) is 21.0. The first-order valence-corrected chi connectivity index (χ1v) is 13.4. The van der Waals surface area contributed by atoms with Gasteiger partial charge >= 0.3 is 0 Å². The van der Waals surface area contributed by atoms with Gasteiger partial charge < -0.3 is 0 Å². The van der Waals surface area contributed by atoms with E-state index in [4.69, 9.17) is 0 Å². The fraction of sp³-hybridized carbons (Fsp3) is 0.0526. The van der Waals surface area contributed by atoms with Crippen LogP contribution in [0.3, 0.4) is 0 Å². The summed E-state index contributed by atoms with van der Waals surface area (Å²) >= 11 is 0. The van der Waals surface area contributed by atoms with Crippen molar-refractivity contribution in [2.24, 2.45) is 0 Å². The van der Waals surface area contributed by atoms with E-state index in [2.05, 4.69) is 146 Å². The molecule has 0 bridgehead atoms. The van der Waals surface area contributed by atoms with E-state index in [1.165, 1.54) is 65.7 Å². The third-order valence-electron chi connectivity index (χ3n) is 8.47. The normalized spacial score (nSPS) is 17.4. The molecule has 6 aromatic carbocycles. The predicted octanol–water partition coefficient (Wildman–Crippen LogP) is 7.80. The Morgan fingerprint density at radius 3 is 1.45 bits per heavy atom. The molecule has 2 aliphatic rings. The molecule has 2 aliphatic carbocycles. The maximum Gasteiger partial charge on any atom is 0.0218 e. The Bertz CT molecular complexity index is 1960. The van der Waals surface area contributed by atoms with Gasteiger partial charge in [0.15, 0.2) is 0 Å². The van der Waals surface area contributed by atoms with E-state index >= 15 is 0 Å². The van der Waals surface area contributed by atoms with Crippen molar-refractivity contribution < 1.29 is 0 Å². The molecule has 0 spiro atoms. The third kappa shape index (κ3) is 3.10. The topological polar surface area (TPSA) is 0 Å². The molecule has 2 atom stereocenters. The SMILES string of the molecule is c1ccc(C2=c3ccccc3=C(c3cccc(-c4ccccc4)c3)C3c4cccc5cccc(c45)C23)cc1. The minimum absolute atomic E-state index is 0.257. The molecule has 0 saturated heterocycles. The minimum atomic E-state index is 0.257. The summed E-state index contributed by atoms with van der Waals surface area (Å²) in [5.74, 6) is 0.524. The zero-order chi connectivity index (χ0) is 25.1. The van der Waals surface area contributed by atoms with Crippen LogP contribution < -0.4 is 10.4 Å². The molecule has 0 radical (unpaired) electrons. The Labute approximate surface area is 222 Å². The van der Waals surface area contributed by atoms with Crippen molar-refractivity contribution >= 4 is 21.9 Å². The molecule has 38 heavy (non-hydrogen) atoms. The molecule has 0 heteroatoms. The van der Waals surface area contributed by atoms with Gasteiger partial charge in [-0.25, -0.2) is 0 Å². The first-order valence-electron chi connectivity index (χ1n) is 13.4. The second-order valence-electron chi connectivity index (χ2n) is 10.4. The maximum atomic E-state index is 2.40. The van der Waals surface area contributed by atoms with Gasteiger partial charge in [0, 0.05) is 11.8 Å². The molecule has 0 heterocycles. The average Bonchev–Trinajstić information content (AvgIpc) is 3.32. The van der Waals surface area contributed by atoms with Crippen LogP contribution in [0, 0.1) is 0 Å². The molecule has 0 aliphatic heterocycles. The van der Waals surface area contributed by atoms with E-state index < -0.39 is 0 Å². The molecule has 0 nitrogen and oxygen atoms in total. The van der Waals surface area contributed by atoms with Gasteiger partial charge in [-0.2, -0.15) is 0 Å². The summed E-state index contributed by atoms with van der Waals surface area (Å²) in [5, 5.41) is 5.47. The van der Waals surface area contributed by atoms with Crippen molar-refractivity contribution in [3.05, 3.63) is 178 Å². The highest BCUT2D eigenvalue weighted by atomic mass is 14.4. The van der Waals surface area contributed by atoms with Gasteiger partial charge in [-0.05, 0) is 71.8 Å². The van der Waals surface area contributed by atoms with Crippen LogP contribution in [-0.2, 0) is 0 Å². The monoisotopic (exact) mass is 482 g/mol. The molecular formula is C38H26. The molecule has 0 saturated carbocycles. The lowest BCUT2D eigenvalue weighted by atomic mass is 9.70. The lowest BCUT2D eigenvalue weighted by Gasteiger charge is -2.32. The molecule has 0 aromatic heterocycles. The molecular weight excluding hydrogens is 456 g/mol. The quantitative estimate of drug-likeness (QED) is 0.241. The summed E-state index contributed by atoms with van der Waals surface area (Å²) in [6, 6.07) is 53.7. The van der Waals surface area contributed by atoms with E-state index in [-0.39, 0.29) is 11.8 Å². The molecule has 0 fully saturated rings. The molecule has 8 rings (SSSR count). The summed E-state index contributed by atoms with van der Waals surface area (Å²) in [5.41, 5.74) is 10.9. The third-order valence-corrected chi connectivity index (χ3v) is 8.47. The summed E-state index contributed by atoms with van der Waals surface area (Å²) < 4.78 is 0. The van der Waals surface area contributed by atoms with Gasteiger partial charge in [-0.3, -0.25) is 0 Å². The number of hydrogen-bond acceptors (Lipinski definition) is 0. The van der Waals surface area contributed by atoms with Crippen molar-refractivity contribution in [3.63, 3.8) is 0 Å². The summed E-state index contributed by atoms with van der Waals surface area (Å²) in [4.78, 5) is 0. The van der Waals surface area contributed by atoms with Gasteiger partial charge in [0.2, 0.25) is 0 Å². The minimum Gasteiger partial charge on any atom is -0.0622 e. The maximum absolute atomic E-state index is 2.40. The standard InChI is InChI=1S/C38H26/c1-3-12-25(13-4-1)28-18-9-19-29(24-28)36-31-21-8-7-20-30(31)35(27-14-5-2-6-15-27)37-32-22-10-16-26-17-11-23-33(34(26)32)38(36)37/h1-24,37-38H. The van der Waals surface area contributed by atoms with E-state index in [1.807, 2.05) is 0 Å². The van der Waals surface area contributed by atoms with Crippen molar-refractivity contribution in [2.45, 2.75) is 11.8 Å². The first kappa shape index (κ1) is 21.4. The van der Waals surface area contributed by atoms with Crippen LogP contribution in [-0.4, -0.2) is 0 Å². The van der Waals surface area contributed by atoms with Crippen LogP contribution in [0.2, 0.25) is 0 Å². The van der Waals surface area contributed by atoms with E-state index in [1.54, 1.807) is 0 Å². The fourth-order valence-corrected chi connectivity index (χ4v) is 6.99. The largest absolute Gasteiger partial charge is 0.0622 e. The second-order valence-corrected chi connectivity index (χ2v) is 10.4. The highest BCUT2D eigenvalue weighted by Crippen LogP contribution is 2.56. The smallest absolute Gasteiger partial charge is 0.0218 e. The van der Waals surface area contributed by atoms with Gasteiger partial charge in [-0.1, -0.05) is 140 Å². The van der Waals surface area contributed by atoms with Crippen LogP contribution in [0.5, 0.6) is 0 Å². The lowest BCUT2D eigenvalue weighted by molar-refractivity contribution is 0.791. The van der Waals surface area contributed by atoms with Gasteiger partial charge in [0.1, 0.15) is 0 Å². The summed E-state index contributed by atoms with van der Waals surface area (Å²) in [6.45, 7) is 0. The average molecular weight is 483 g/mol. The van der Waals surface area contributed by atoms with Crippen LogP contribution >= 0.6 is 0 Å². The molecule has 178 valence electrons. The van der Waals surface area contributed by atoms with E-state index in [0.717, 1.165) is 0 Å². The first-order chi connectivity index (χ1) is 18.9. The summed E-state index contributed by atoms with van der Waals surface area (Å²) in [7, 11) is 0. The Kier molecular flexibility index (Phi) is 4.75. The number of rotatable bonds is 3.